The molecule has 0 unspecified atom stereocenters. The number of hydrogen-bond acceptors (Lipinski definition) is 5. The van der Waals surface area contributed by atoms with Crippen LogP contribution in [-0.4, -0.2) is 37.9 Å². The number of ether oxygens (including phenoxy) is 3. The van der Waals surface area contributed by atoms with Crippen molar-refractivity contribution in [3.63, 3.8) is 0 Å². The van der Waals surface area contributed by atoms with Crippen LogP contribution in [-0.2, 0) is 23.8 Å². The molecule has 0 saturated heterocycles. The van der Waals surface area contributed by atoms with Gasteiger partial charge in [0.05, 0.1) is 6.61 Å². The van der Waals surface area contributed by atoms with Gasteiger partial charge in [-0.3, -0.25) is 9.59 Å². The van der Waals surface area contributed by atoms with Crippen molar-refractivity contribution in [2.45, 2.75) is 258 Å². The Hall–Kier alpha value is -2.92. The summed E-state index contributed by atoms with van der Waals surface area (Å²) in [6.07, 6.45) is 71.8. The molecule has 0 radical (unpaired) electrons. The Labute approximate surface area is 397 Å². The van der Waals surface area contributed by atoms with Gasteiger partial charge in [-0.05, 0) is 83.5 Å². The van der Waals surface area contributed by atoms with Crippen LogP contribution in [0.5, 0.6) is 0 Å². The third kappa shape index (κ3) is 51.7. The molecule has 0 aromatic carbocycles. The first-order valence-electron chi connectivity index (χ1n) is 27.1. The zero-order valence-corrected chi connectivity index (χ0v) is 42.3. The predicted octanol–water partition coefficient (Wildman–Crippen LogP) is 18.5. The van der Waals surface area contributed by atoms with Crippen molar-refractivity contribution in [1.82, 2.24) is 0 Å². The van der Waals surface area contributed by atoms with E-state index in [0.717, 1.165) is 77.0 Å². The minimum absolute atomic E-state index is 0.0498. The molecule has 368 valence electrons. The SMILES string of the molecule is CC/C=C\C/C=C\C/C=C\C/C=C\C/C=C\C/C=C\CCC(=O)O[C@H](COCCCCCCCCCCCCCCCCCC)COC(=O)CCCCCCC/C=C\CCCCCC. The highest BCUT2D eigenvalue weighted by Gasteiger charge is 2.17. The number of rotatable bonds is 49. The van der Waals surface area contributed by atoms with E-state index in [0.29, 0.717) is 25.9 Å². The van der Waals surface area contributed by atoms with Crippen molar-refractivity contribution in [2.75, 3.05) is 19.8 Å². The van der Waals surface area contributed by atoms with E-state index < -0.39 is 6.10 Å². The van der Waals surface area contributed by atoms with Crippen LogP contribution in [0.15, 0.2) is 85.1 Å². The molecular formula is C59H102O5. The zero-order chi connectivity index (χ0) is 46.3. The van der Waals surface area contributed by atoms with Crippen LogP contribution in [0.3, 0.4) is 0 Å². The minimum atomic E-state index is -0.581. The van der Waals surface area contributed by atoms with Crippen LogP contribution >= 0.6 is 0 Å². The van der Waals surface area contributed by atoms with E-state index in [9.17, 15) is 9.59 Å². The van der Waals surface area contributed by atoms with Crippen LogP contribution in [0.25, 0.3) is 0 Å². The second-order valence-electron chi connectivity index (χ2n) is 17.8. The molecule has 0 fully saturated rings. The number of hydrogen-bond donors (Lipinski definition) is 0. The molecule has 5 heteroatoms. The lowest BCUT2D eigenvalue weighted by atomic mass is 10.0. The third-order valence-corrected chi connectivity index (χ3v) is 11.4. The highest BCUT2D eigenvalue weighted by atomic mass is 16.6. The number of carbonyl (C=O) groups is 2. The number of unbranched alkanes of at least 4 members (excludes halogenated alkanes) is 24. The molecule has 5 nitrogen and oxygen atoms in total. The second-order valence-corrected chi connectivity index (χ2v) is 17.8. The van der Waals surface area contributed by atoms with Crippen molar-refractivity contribution < 1.29 is 23.8 Å². The molecule has 0 rings (SSSR count). The molecule has 0 bridgehead atoms. The van der Waals surface area contributed by atoms with Gasteiger partial charge in [0.2, 0.25) is 0 Å². The van der Waals surface area contributed by atoms with Gasteiger partial charge in [-0.15, -0.1) is 0 Å². The Morgan fingerprint density at radius 3 is 1.20 bits per heavy atom. The summed E-state index contributed by atoms with van der Waals surface area (Å²) in [5.74, 6) is -0.499. The van der Waals surface area contributed by atoms with E-state index >= 15 is 0 Å². The number of carbonyl (C=O) groups excluding carboxylic acids is 2. The van der Waals surface area contributed by atoms with E-state index in [1.807, 2.05) is 6.08 Å². The molecule has 0 aromatic rings. The topological polar surface area (TPSA) is 61.8 Å². The summed E-state index contributed by atoms with van der Waals surface area (Å²) in [4.78, 5) is 25.4. The fraction of sp³-hybridized carbons (Fsp3) is 0.729. The summed E-state index contributed by atoms with van der Waals surface area (Å²) < 4.78 is 17.4. The smallest absolute Gasteiger partial charge is 0.306 e. The van der Waals surface area contributed by atoms with E-state index in [-0.39, 0.29) is 25.2 Å². The molecule has 0 heterocycles. The van der Waals surface area contributed by atoms with E-state index in [4.69, 9.17) is 14.2 Å². The summed E-state index contributed by atoms with van der Waals surface area (Å²) in [7, 11) is 0. The van der Waals surface area contributed by atoms with Gasteiger partial charge in [-0.2, -0.15) is 0 Å². The number of esters is 2. The number of allylic oxidation sites excluding steroid dienone is 14. The lowest BCUT2D eigenvalue weighted by Crippen LogP contribution is -2.30. The van der Waals surface area contributed by atoms with Crippen molar-refractivity contribution in [2.24, 2.45) is 0 Å². The predicted molar refractivity (Wildman–Crippen MR) is 279 cm³/mol. The average molecular weight is 891 g/mol. The van der Waals surface area contributed by atoms with Crippen LogP contribution in [0.2, 0.25) is 0 Å². The van der Waals surface area contributed by atoms with Gasteiger partial charge in [0, 0.05) is 19.4 Å². The summed E-state index contributed by atoms with van der Waals surface area (Å²) in [5, 5.41) is 0. The third-order valence-electron chi connectivity index (χ3n) is 11.4. The van der Waals surface area contributed by atoms with Gasteiger partial charge < -0.3 is 14.2 Å². The van der Waals surface area contributed by atoms with Crippen molar-refractivity contribution >= 4 is 11.9 Å². The lowest BCUT2D eigenvalue weighted by Gasteiger charge is -2.18. The van der Waals surface area contributed by atoms with E-state index in [2.05, 4.69) is 99.8 Å². The van der Waals surface area contributed by atoms with Crippen LogP contribution in [0.1, 0.15) is 252 Å². The largest absolute Gasteiger partial charge is 0.462 e. The highest BCUT2D eigenvalue weighted by molar-refractivity contribution is 5.70. The molecule has 0 aliphatic rings. The second kappa shape index (κ2) is 54.4. The Morgan fingerprint density at radius 2 is 0.734 bits per heavy atom. The maximum Gasteiger partial charge on any atom is 0.306 e. The van der Waals surface area contributed by atoms with Crippen LogP contribution < -0.4 is 0 Å². The summed E-state index contributed by atoms with van der Waals surface area (Å²) in [5.41, 5.74) is 0. The first-order chi connectivity index (χ1) is 31.6. The zero-order valence-electron chi connectivity index (χ0n) is 42.3. The van der Waals surface area contributed by atoms with Gasteiger partial charge in [0.25, 0.3) is 0 Å². The van der Waals surface area contributed by atoms with Gasteiger partial charge in [0.1, 0.15) is 6.61 Å². The molecule has 0 N–H and O–H groups in total. The standard InChI is InChI=1S/C59H102O5/c1-4-7-10-13-16-19-22-25-27-29-30-31-32-35-38-41-44-47-50-53-59(61)64-57(56-63-58(60)52-49-46-43-40-37-34-24-21-18-15-12-9-6-3)55-62-54-51-48-45-42-39-36-33-28-26-23-20-17-14-11-8-5-2/h7,10,16,19,21,24-25,27,30-31,35,38,44,47,57H,4-6,8-9,11-15,17-18,20,22-23,26,28-29,32-34,36-37,39-43,45-46,48-56H2,1-3H3/b10-7-,19-16-,24-21-,27-25-,31-30-,38-35-,47-44-/t57-/m1/s1. The highest BCUT2D eigenvalue weighted by Crippen LogP contribution is 2.15. The molecule has 1 atom stereocenters. The monoisotopic (exact) mass is 891 g/mol. The Kier molecular flexibility index (Phi) is 51.9. The molecule has 0 amide bonds. The quantitative estimate of drug-likeness (QED) is 0.0346. The Bertz CT molecular complexity index is 1190. The lowest BCUT2D eigenvalue weighted by molar-refractivity contribution is -0.162. The van der Waals surface area contributed by atoms with Crippen LogP contribution in [0, 0.1) is 0 Å². The first kappa shape index (κ1) is 61.1. The first-order valence-corrected chi connectivity index (χ1v) is 27.1. The summed E-state index contributed by atoms with van der Waals surface area (Å²) in [6, 6.07) is 0. The normalized spacial score (nSPS) is 12.9. The van der Waals surface area contributed by atoms with Gasteiger partial charge >= 0.3 is 11.9 Å². The Morgan fingerprint density at radius 1 is 0.359 bits per heavy atom. The fourth-order valence-corrected chi connectivity index (χ4v) is 7.41. The van der Waals surface area contributed by atoms with Crippen molar-refractivity contribution in [1.29, 1.82) is 0 Å². The van der Waals surface area contributed by atoms with Gasteiger partial charge in [-0.25, -0.2) is 0 Å². The maximum atomic E-state index is 12.8. The summed E-state index contributed by atoms with van der Waals surface area (Å²) in [6.45, 7) is 7.63. The molecule has 64 heavy (non-hydrogen) atoms. The molecule has 0 aromatic heterocycles. The molecule has 0 spiro atoms. The average Bonchev–Trinajstić information content (AvgIpc) is 3.30. The molecule has 0 aliphatic carbocycles. The summed E-state index contributed by atoms with van der Waals surface area (Å²) >= 11 is 0. The fourth-order valence-electron chi connectivity index (χ4n) is 7.41. The van der Waals surface area contributed by atoms with Gasteiger partial charge in [0.15, 0.2) is 6.10 Å². The molecule has 0 saturated carbocycles. The maximum absolute atomic E-state index is 12.8. The van der Waals surface area contributed by atoms with Crippen LogP contribution in [0.4, 0.5) is 0 Å². The minimum Gasteiger partial charge on any atom is -0.462 e. The van der Waals surface area contributed by atoms with Crippen molar-refractivity contribution in [3.05, 3.63) is 85.1 Å². The Balaban J connectivity index is 4.39. The van der Waals surface area contributed by atoms with E-state index in [1.165, 1.54) is 135 Å². The van der Waals surface area contributed by atoms with Gasteiger partial charge in [-0.1, -0.05) is 241 Å². The molecule has 0 aliphatic heterocycles. The van der Waals surface area contributed by atoms with E-state index in [1.54, 1.807) is 0 Å². The molecular weight excluding hydrogens is 789 g/mol. The van der Waals surface area contributed by atoms with Crippen molar-refractivity contribution in [3.8, 4) is 0 Å².